The van der Waals surface area contributed by atoms with Gasteiger partial charge in [0.1, 0.15) is 0 Å². The minimum atomic E-state index is -0.438. The van der Waals surface area contributed by atoms with Crippen LogP contribution in [0.25, 0.3) is 0 Å². The van der Waals surface area contributed by atoms with Gasteiger partial charge >= 0.3 is 0 Å². The van der Waals surface area contributed by atoms with Crippen LogP contribution >= 0.6 is 0 Å². The first-order valence-electron chi connectivity index (χ1n) is 7.08. The van der Waals surface area contributed by atoms with E-state index in [1.807, 2.05) is 13.8 Å². The second-order valence-electron chi connectivity index (χ2n) is 5.99. The summed E-state index contributed by atoms with van der Waals surface area (Å²) in [7, 11) is 0. The Morgan fingerprint density at radius 1 is 1.26 bits per heavy atom. The van der Waals surface area contributed by atoms with Crippen LogP contribution in [-0.4, -0.2) is 25.0 Å². The highest BCUT2D eigenvalue weighted by Gasteiger charge is 2.32. The maximum atomic E-state index is 5.83. The third kappa shape index (κ3) is 4.03. The normalized spacial score (nSPS) is 23.7. The molecule has 0 aliphatic carbocycles. The first-order chi connectivity index (χ1) is 8.98. The summed E-state index contributed by atoms with van der Waals surface area (Å²) >= 11 is 0. The molecule has 0 spiro atoms. The first-order valence-corrected chi connectivity index (χ1v) is 7.08. The lowest BCUT2D eigenvalue weighted by molar-refractivity contribution is -0.138. The van der Waals surface area contributed by atoms with Crippen LogP contribution in [0.3, 0.4) is 0 Å². The molecule has 3 heteroatoms. The number of hydrogen-bond donors (Lipinski definition) is 1. The van der Waals surface area contributed by atoms with E-state index >= 15 is 0 Å². The van der Waals surface area contributed by atoms with E-state index in [0.717, 1.165) is 6.54 Å². The van der Waals surface area contributed by atoms with Crippen molar-refractivity contribution in [1.29, 1.82) is 0 Å². The molecule has 0 saturated carbocycles. The average molecular weight is 263 g/mol. The molecule has 1 fully saturated rings. The van der Waals surface area contributed by atoms with Crippen molar-refractivity contribution in [3.05, 3.63) is 35.9 Å². The Balaban J connectivity index is 1.92. The highest BCUT2D eigenvalue weighted by atomic mass is 16.7. The zero-order chi connectivity index (χ0) is 13.9. The number of nitrogens with one attached hydrogen (secondary N) is 1. The largest absolute Gasteiger partial charge is 0.348 e. The smallest absolute Gasteiger partial charge is 0.163 e. The summed E-state index contributed by atoms with van der Waals surface area (Å²) in [6.07, 6.45) is 0.139. The Kier molecular flexibility index (Phi) is 4.61. The fourth-order valence-electron chi connectivity index (χ4n) is 2.52. The van der Waals surface area contributed by atoms with Crippen molar-refractivity contribution in [1.82, 2.24) is 5.32 Å². The van der Waals surface area contributed by atoms with Crippen LogP contribution in [0, 0.1) is 5.92 Å². The maximum absolute atomic E-state index is 5.83. The average Bonchev–Trinajstić information content (AvgIpc) is 2.70. The van der Waals surface area contributed by atoms with Crippen LogP contribution in [0.4, 0.5) is 0 Å². The molecule has 19 heavy (non-hydrogen) atoms. The summed E-state index contributed by atoms with van der Waals surface area (Å²) < 4.78 is 11.4. The minimum Gasteiger partial charge on any atom is -0.348 e. The van der Waals surface area contributed by atoms with Crippen molar-refractivity contribution in [3.63, 3.8) is 0 Å². The van der Waals surface area contributed by atoms with Gasteiger partial charge < -0.3 is 14.8 Å². The molecule has 106 valence electrons. The molecule has 1 saturated heterocycles. The van der Waals surface area contributed by atoms with Gasteiger partial charge in [0.15, 0.2) is 5.79 Å². The molecule has 2 unspecified atom stereocenters. The molecule has 2 rings (SSSR count). The van der Waals surface area contributed by atoms with E-state index in [9.17, 15) is 0 Å². The monoisotopic (exact) mass is 263 g/mol. The van der Waals surface area contributed by atoms with E-state index in [4.69, 9.17) is 9.47 Å². The molecule has 0 aromatic heterocycles. The van der Waals surface area contributed by atoms with Crippen molar-refractivity contribution in [2.24, 2.45) is 5.92 Å². The summed E-state index contributed by atoms with van der Waals surface area (Å²) in [5, 5.41) is 3.61. The van der Waals surface area contributed by atoms with E-state index in [0.29, 0.717) is 18.6 Å². The summed E-state index contributed by atoms with van der Waals surface area (Å²) in [4.78, 5) is 0. The van der Waals surface area contributed by atoms with Gasteiger partial charge in [-0.1, -0.05) is 44.2 Å². The Morgan fingerprint density at radius 2 is 1.95 bits per heavy atom. The molecular weight excluding hydrogens is 238 g/mol. The van der Waals surface area contributed by atoms with Gasteiger partial charge in [-0.2, -0.15) is 0 Å². The molecular formula is C16H25NO2. The first kappa shape index (κ1) is 14.5. The number of ether oxygens (including phenoxy) is 2. The van der Waals surface area contributed by atoms with E-state index < -0.39 is 5.79 Å². The van der Waals surface area contributed by atoms with Crippen molar-refractivity contribution in [2.75, 3.05) is 13.2 Å². The van der Waals surface area contributed by atoms with E-state index in [1.165, 1.54) is 5.56 Å². The molecule has 0 amide bonds. The predicted octanol–water partition coefficient (Wildman–Crippen LogP) is 3.12. The van der Waals surface area contributed by atoms with Gasteiger partial charge in [0.2, 0.25) is 0 Å². The maximum Gasteiger partial charge on any atom is 0.163 e. The Labute approximate surface area is 116 Å². The Morgan fingerprint density at radius 3 is 2.47 bits per heavy atom. The van der Waals surface area contributed by atoms with Gasteiger partial charge in [0, 0.05) is 12.6 Å². The molecule has 0 radical (unpaired) electrons. The molecule has 1 aromatic carbocycles. The molecule has 3 nitrogen and oxygen atoms in total. The quantitative estimate of drug-likeness (QED) is 0.885. The van der Waals surface area contributed by atoms with Crippen molar-refractivity contribution >= 4 is 0 Å². The summed E-state index contributed by atoms with van der Waals surface area (Å²) in [6, 6.07) is 10.9. The molecule has 1 aliphatic rings. The van der Waals surface area contributed by atoms with Crippen LogP contribution < -0.4 is 5.32 Å². The van der Waals surface area contributed by atoms with Gasteiger partial charge in [0.05, 0.1) is 12.7 Å². The fraction of sp³-hybridized carbons (Fsp3) is 0.625. The molecule has 1 N–H and O–H groups in total. The summed E-state index contributed by atoms with van der Waals surface area (Å²) in [5.41, 5.74) is 1.33. The van der Waals surface area contributed by atoms with Crippen LogP contribution in [0.1, 0.15) is 39.3 Å². The second-order valence-corrected chi connectivity index (χ2v) is 5.99. The number of benzene rings is 1. The Hall–Kier alpha value is -0.900. The molecule has 1 heterocycles. The minimum absolute atomic E-state index is 0.139. The predicted molar refractivity (Wildman–Crippen MR) is 76.9 cm³/mol. The molecule has 1 aromatic rings. The van der Waals surface area contributed by atoms with E-state index in [1.54, 1.807) is 0 Å². The topological polar surface area (TPSA) is 30.5 Å². The molecule has 0 bridgehead atoms. The summed E-state index contributed by atoms with van der Waals surface area (Å²) in [5.74, 6) is 0.101. The number of hydrogen-bond acceptors (Lipinski definition) is 3. The molecule has 2 atom stereocenters. The number of rotatable bonds is 5. The zero-order valence-electron chi connectivity index (χ0n) is 12.3. The van der Waals surface area contributed by atoms with E-state index in [2.05, 4.69) is 49.5 Å². The lowest BCUT2D eigenvalue weighted by atomic mass is 9.96. The second kappa shape index (κ2) is 6.04. The molecule has 1 aliphatic heterocycles. The third-order valence-corrected chi connectivity index (χ3v) is 3.46. The van der Waals surface area contributed by atoms with Crippen molar-refractivity contribution < 1.29 is 9.47 Å². The van der Waals surface area contributed by atoms with Crippen molar-refractivity contribution in [2.45, 2.75) is 45.6 Å². The van der Waals surface area contributed by atoms with Crippen LogP contribution in [0.5, 0.6) is 0 Å². The zero-order valence-corrected chi connectivity index (χ0v) is 12.3. The van der Waals surface area contributed by atoms with Crippen LogP contribution in [0.15, 0.2) is 30.3 Å². The lowest BCUT2D eigenvalue weighted by Crippen LogP contribution is -2.35. The summed E-state index contributed by atoms with van der Waals surface area (Å²) in [6.45, 7) is 9.89. The van der Waals surface area contributed by atoms with Crippen LogP contribution in [-0.2, 0) is 9.47 Å². The van der Waals surface area contributed by atoms with Gasteiger partial charge in [-0.15, -0.1) is 0 Å². The van der Waals surface area contributed by atoms with Gasteiger partial charge in [-0.3, -0.25) is 0 Å². The van der Waals surface area contributed by atoms with Crippen LogP contribution in [0.2, 0.25) is 0 Å². The fourth-order valence-corrected chi connectivity index (χ4v) is 2.52. The Bertz CT molecular complexity index is 389. The van der Waals surface area contributed by atoms with Gasteiger partial charge in [0.25, 0.3) is 0 Å². The SMILES string of the molecule is CC(C)C(NCC1COC(C)(C)O1)c1ccccc1. The van der Waals surface area contributed by atoms with Gasteiger partial charge in [-0.25, -0.2) is 0 Å². The van der Waals surface area contributed by atoms with E-state index in [-0.39, 0.29) is 6.10 Å². The standard InChI is InChI=1S/C16H25NO2/c1-12(2)15(13-8-6-5-7-9-13)17-10-14-11-18-16(3,4)19-14/h5-9,12,14-15,17H,10-11H2,1-4H3. The highest BCUT2D eigenvalue weighted by molar-refractivity contribution is 5.19. The third-order valence-electron chi connectivity index (χ3n) is 3.46. The van der Waals surface area contributed by atoms with Crippen molar-refractivity contribution in [3.8, 4) is 0 Å². The highest BCUT2D eigenvalue weighted by Crippen LogP contribution is 2.24. The van der Waals surface area contributed by atoms with Gasteiger partial charge in [-0.05, 0) is 25.3 Å². The lowest BCUT2D eigenvalue weighted by Gasteiger charge is -2.25.